The quantitative estimate of drug-likeness (QED) is 0.678. The molecule has 0 saturated heterocycles. The van der Waals surface area contributed by atoms with E-state index in [4.69, 9.17) is 4.52 Å². The lowest BCUT2D eigenvalue weighted by molar-refractivity contribution is 0.0944. The van der Waals surface area contributed by atoms with Gasteiger partial charge in [-0.15, -0.1) is 13.2 Å². The van der Waals surface area contributed by atoms with Gasteiger partial charge in [-0.2, -0.15) is 4.98 Å². The summed E-state index contributed by atoms with van der Waals surface area (Å²) >= 11 is 0. The molecule has 0 aromatic carbocycles. The number of carbonyl (C=O) groups excluding carboxylic acids is 1. The summed E-state index contributed by atoms with van der Waals surface area (Å²) < 4.78 is 5.05. The number of allylic oxidation sites excluding steroid dienone is 1. The highest BCUT2D eigenvalue weighted by molar-refractivity contribution is 5.90. The summed E-state index contributed by atoms with van der Waals surface area (Å²) in [7, 11) is 0. The summed E-state index contributed by atoms with van der Waals surface area (Å²) in [6, 6.07) is 0. The van der Waals surface area contributed by atoms with Crippen LogP contribution in [0.2, 0.25) is 0 Å². The number of nitrogens with one attached hydrogen (secondary N) is 1. The zero-order chi connectivity index (χ0) is 15.8. The van der Waals surface area contributed by atoms with Gasteiger partial charge in [0.25, 0.3) is 11.7 Å². The minimum atomic E-state index is -0.361. The molecule has 0 atom stereocenters. The fourth-order valence-corrected chi connectivity index (χ4v) is 1.19. The van der Waals surface area contributed by atoms with Crippen molar-refractivity contribution in [1.29, 1.82) is 0 Å². The minimum absolute atomic E-state index is 0.0493. The molecule has 1 rings (SSSR count). The van der Waals surface area contributed by atoms with Crippen molar-refractivity contribution in [2.75, 3.05) is 6.54 Å². The first kappa shape index (κ1) is 17.8. The fraction of sp³-hybridized carbons (Fsp3) is 0.400. The summed E-state index contributed by atoms with van der Waals surface area (Å²) in [4.78, 5) is 15.8. The van der Waals surface area contributed by atoms with E-state index >= 15 is 0 Å². The third-order valence-corrected chi connectivity index (χ3v) is 2.15. The third-order valence-electron chi connectivity index (χ3n) is 2.15. The number of hydrogen-bond acceptors (Lipinski definition) is 4. The van der Waals surface area contributed by atoms with Crippen LogP contribution in [-0.4, -0.2) is 22.6 Å². The molecule has 5 heteroatoms. The molecule has 1 N–H and O–H groups in total. The number of nitrogens with zero attached hydrogens (tertiary/aromatic N) is 2. The molecular formula is C15H23N3O2. The highest BCUT2D eigenvalue weighted by Gasteiger charge is 2.23. The zero-order valence-electron chi connectivity index (χ0n) is 12.7. The van der Waals surface area contributed by atoms with Gasteiger partial charge in [-0.1, -0.05) is 44.7 Å². The Morgan fingerprint density at radius 2 is 2.00 bits per heavy atom. The number of aromatic nitrogens is 2. The van der Waals surface area contributed by atoms with E-state index in [9.17, 15) is 4.79 Å². The molecule has 1 amide bonds. The molecule has 0 aliphatic heterocycles. The zero-order valence-corrected chi connectivity index (χ0v) is 12.7. The summed E-state index contributed by atoms with van der Waals surface area (Å²) in [5.41, 5.74) is 0.547. The Labute approximate surface area is 120 Å². The van der Waals surface area contributed by atoms with Crippen molar-refractivity contribution in [3.8, 4) is 0 Å². The Balaban J connectivity index is 0.00000172. The smallest absolute Gasteiger partial charge is 0.292 e. The van der Waals surface area contributed by atoms with Gasteiger partial charge in [0, 0.05) is 12.0 Å². The monoisotopic (exact) mass is 277 g/mol. The van der Waals surface area contributed by atoms with Crippen molar-refractivity contribution < 1.29 is 9.32 Å². The first-order valence-electron chi connectivity index (χ1n) is 6.27. The molecule has 5 nitrogen and oxygen atoms in total. The summed E-state index contributed by atoms with van der Waals surface area (Å²) in [5.74, 6) is 0.132. The second-order valence-electron chi connectivity index (χ2n) is 5.01. The van der Waals surface area contributed by atoms with Crippen molar-refractivity contribution >= 4 is 5.91 Å². The highest BCUT2D eigenvalue weighted by Crippen LogP contribution is 2.19. The Morgan fingerprint density at radius 1 is 1.40 bits per heavy atom. The van der Waals surface area contributed by atoms with Gasteiger partial charge < -0.3 is 9.84 Å². The molecule has 20 heavy (non-hydrogen) atoms. The molecular weight excluding hydrogens is 254 g/mol. The van der Waals surface area contributed by atoms with E-state index < -0.39 is 0 Å². The van der Waals surface area contributed by atoms with Crippen LogP contribution in [0.5, 0.6) is 0 Å². The lowest BCUT2D eigenvalue weighted by atomic mass is 9.97. The molecule has 110 valence electrons. The van der Waals surface area contributed by atoms with Crippen LogP contribution >= 0.6 is 0 Å². The third kappa shape index (κ3) is 5.65. The van der Waals surface area contributed by atoms with Gasteiger partial charge in [0.1, 0.15) is 0 Å². The molecule has 1 aromatic heterocycles. The minimum Gasteiger partial charge on any atom is -0.345 e. The lowest BCUT2D eigenvalue weighted by Crippen LogP contribution is -2.26. The van der Waals surface area contributed by atoms with E-state index in [1.165, 1.54) is 0 Å². The van der Waals surface area contributed by atoms with Gasteiger partial charge in [0.15, 0.2) is 0 Å². The molecule has 0 bridgehead atoms. The van der Waals surface area contributed by atoms with Crippen LogP contribution in [0.15, 0.2) is 42.0 Å². The Morgan fingerprint density at radius 3 is 2.45 bits per heavy atom. The predicted molar refractivity (Wildman–Crippen MR) is 80.5 cm³/mol. The summed E-state index contributed by atoms with van der Waals surface area (Å²) in [6.45, 7) is 17.9. The largest absolute Gasteiger partial charge is 0.345 e. The van der Waals surface area contributed by atoms with Crippen molar-refractivity contribution in [3.05, 3.63) is 49.2 Å². The molecule has 0 radical (unpaired) electrons. The predicted octanol–water partition coefficient (Wildman–Crippen LogP) is 3.03. The highest BCUT2D eigenvalue weighted by atomic mass is 16.5. The van der Waals surface area contributed by atoms with E-state index in [2.05, 4.69) is 35.2 Å². The second kappa shape index (κ2) is 8.09. The van der Waals surface area contributed by atoms with E-state index in [0.717, 1.165) is 5.57 Å². The summed E-state index contributed by atoms with van der Waals surface area (Å²) in [5, 5.41) is 6.33. The maximum atomic E-state index is 11.7. The van der Waals surface area contributed by atoms with Crippen molar-refractivity contribution in [3.63, 3.8) is 0 Å². The Bertz CT molecular complexity index is 482. The number of rotatable bonds is 4. The van der Waals surface area contributed by atoms with Gasteiger partial charge in [-0.05, 0) is 12.5 Å². The fourth-order valence-electron chi connectivity index (χ4n) is 1.19. The van der Waals surface area contributed by atoms with Crippen LogP contribution < -0.4 is 5.32 Å². The van der Waals surface area contributed by atoms with E-state index in [-0.39, 0.29) is 17.1 Å². The molecule has 0 fully saturated rings. The van der Waals surface area contributed by atoms with Gasteiger partial charge in [-0.25, -0.2) is 0 Å². The SMILES string of the molecule is C=C.C=C(/C=C\C)CNC(=O)c1noc(C(C)(C)C)n1. The Hall–Kier alpha value is -2.17. The van der Waals surface area contributed by atoms with Crippen molar-refractivity contribution in [2.24, 2.45) is 0 Å². The van der Waals surface area contributed by atoms with Crippen LogP contribution in [0, 0.1) is 0 Å². The van der Waals surface area contributed by atoms with Crippen LogP contribution in [0.25, 0.3) is 0 Å². The van der Waals surface area contributed by atoms with E-state index in [0.29, 0.717) is 12.4 Å². The average Bonchev–Trinajstić information content (AvgIpc) is 2.88. The normalized spacial score (nSPS) is 10.8. The van der Waals surface area contributed by atoms with Gasteiger partial charge >= 0.3 is 0 Å². The number of carbonyl (C=O) groups is 1. The first-order valence-corrected chi connectivity index (χ1v) is 6.27. The standard InChI is InChI=1S/C13H19N3O2.C2H4/c1-6-7-9(2)8-14-11(17)10-15-12(18-16-10)13(3,4)5;1-2/h6-7H,2,8H2,1,3-5H3,(H,14,17);1-2H2/b7-6-;. The van der Waals surface area contributed by atoms with Crippen molar-refractivity contribution in [1.82, 2.24) is 15.5 Å². The molecule has 0 saturated carbocycles. The molecule has 0 aliphatic carbocycles. The second-order valence-corrected chi connectivity index (χ2v) is 5.01. The maximum Gasteiger partial charge on any atom is 0.292 e. The molecule has 0 spiro atoms. The number of hydrogen-bond donors (Lipinski definition) is 1. The molecule has 1 aromatic rings. The van der Waals surface area contributed by atoms with Gasteiger partial charge in [-0.3, -0.25) is 4.79 Å². The van der Waals surface area contributed by atoms with Gasteiger partial charge in [0.05, 0.1) is 0 Å². The van der Waals surface area contributed by atoms with Crippen LogP contribution in [0.4, 0.5) is 0 Å². The maximum absolute atomic E-state index is 11.7. The van der Waals surface area contributed by atoms with Crippen LogP contribution in [0.1, 0.15) is 44.2 Å². The molecule has 0 unspecified atom stereocenters. The molecule has 0 aliphatic rings. The van der Waals surface area contributed by atoms with Gasteiger partial charge in [0.2, 0.25) is 5.89 Å². The topological polar surface area (TPSA) is 68.0 Å². The van der Waals surface area contributed by atoms with Crippen LogP contribution in [0.3, 0.4) is 0 Å². The first-order chi connectivity index (χ1) is 9.34. The number of amides is 1. The Kier molecular flexibility index (Phi) is 7.21. The molecule has 1 heterocycles. The van der Waals surface area contributed by atoms with E-state index in [1.807, 2.05) is 39.8 Å². The van der Waals surface area contributed by atoms with Crippen LogP contribution in [-0.2, 0) is 5.41 Å². The average molecular weight is 277 g/mol. The summed E-state index contributed by atoms with van der Waals surface area (Å²) in [6.07, 6.45) is 3.69. The lowest BCUT2D eigenvalue weighted by Gasteiger charge is -2.10. The van der Waals surface area contributed by atoms with E-state index in [1.54, 1.807) is 0 Å². The van der Waals surface area contributed by atoms with Crippen molar-refractivity contribution in [2.45, 2.75) is 33.1 Å².